The van der Waals surface area contributed by atoms with Crippen molar-refractivity contribution in [1.82, 2.24) is 25.3 Å². The Kier molecular flexibility index (Phi) is 18.3. The van der Waals surface area contributed by atoms with Gasteiger partial charge < -0.3 is 20.1 Å². The van der Waals surface area contributed by atoms with Crippen LogP contribution in [0.15, 0.2) is 115 Å². The van der Waals surface area contributed by atoms with Gasteiger partial charge in [-0.25, -0.2) is 0 Å². The van der Waals surface area contributed by atoms with Gasteiger partial charge in [0.05, 0.1) is 27.7 Å². The van der Waals surface area contributed by atoms with E-state index < -0.39 is 0 Å². The zero-order valence-corrected chi connectivity index (χ0v) is 44.3. The molecule has 0 radical (unpaired) electrons. The molecule has 73 heavy (non-hydrogen) atoms. The molecular weight excluding hydrogens is 973 g/mol. The zero-order valence-electron chi connectivity index (χ0n) is 42.1. The van der Waals surface area contributed by atoms with Crippen LogP contribution in [0.5, 0.6) is 11.5 Å². The number of halogens is 3. The molecule has 1 amide bonds. The SMILES string of the molecule is C=C(Cc1cc(C(=O)NC2CCN(Cc3ccc(Cl)cc3)CC2)ccc1OC1CCN(Cc2ccc(Cl)c(Cl)c2)CC1)c1cc(C(C)=NC2CCNCC2)ccc1OC1CCN(Cc2ccc(C#N)cc2)CC1. The summed E-state index contributed by atoms with van der Waals surface area (Å²) in [6, 6.07) is 36.7. The van der Waals surface area contributed by atoms with E-state index >= 15 is 0 Å². The van der Waals surface area contributed by atoms with Gasteiger partial charge in [0.1, 0.15) is 23.7 Å². The normalized spacial score (nSPS) is 18.3. The van der Waals surface area contributed by atoms with Crippen LogP contribution in [0.25, 0.3) is 5.57 Å². The first-order valence-corrected chi connectivity index (χ1v) is 27.3. The standard InChI is InChI=1S/C60H68Cl3N7O3/c1-41(55-36-47(42(2)66-51-17-25-65-26-18-51)10-16-59(55)73-54-23-29-69(30-24-54)38-44-5-3-43(37-64)4-6-44)33-49-35-48(60(71)67-52-19-27-68(28-20-52)39-45-7-12-50(61)13-8-45)11-15-58(49)72-53-21-31-70(32-22-53)40-46-9-14-56(62)57(63)34-46/h3-16,34-36,51-54,65H,1,17-33,38-40H2,2H3,(H,67,71). The molecule has 4 saturated heterocycles. The van der Waals surface area contributed by atoms with E-state index in [2.05, 4.69) is 68.7 Å². The minimum Gasteiger partial charge on any atom is -0.490 e. The first-order valence-electron chi connectivity index (χ1n) is 26.2. The molecule has 0 aliphatic carbocycles. The third-order valence-electron chi connectivity index (χ3n) is 15.0. The van der Waals surface area contributed by atoms with Gasteiger partial charge in [-0.2, -0.15) is 5.26 Å². The summed E-state index contributed by atoms with van der Waals surface area (Å²) in [6.07, 6.45) is 7.82. The predicted molar refractivity (Wildman–Crippen MR) is 296 cm³/mol. The van der Waals surface area contributed by atoms with Gasteiger partial charge in [-0.05, 0) is 178 Å². The summed E-state index contributed by atoms with van der Waals surface area (Å²) < 4.78 is 13.9. The Morgan fingerprint density at radius 3 is 1.84 bits per heavy atom. The number of carbonyl (C=O) groups excluding carboxylic acids is 1. The molecule has 0 bridgehead atoms. The van der Waals surface area contributed by atoms with Crippen molar-refractivity contribution in [3.63, 3.8) is 0 Å². The van der Waals surface area contributed by atoms with E-state index in [1.54, 1.807) is 0 Å². The number of aliphatic imine (C=N–C) groups is 1. The highest BCUT2D eigenvalue weighted by atomic mass is 35.5. The third kappa shape index (κ3) is 14.8. The van der Waals surface area contributed by atoms with Gasteiger partial charge in [0, 0.05) is 93.2 Å². The van der Waals surface area contributed by atoms with Gasteiger partial charge >= 0.3 is 0 Å². The number of ether oxygens (including phenoxy) is 2. The molecule has 2 N–H and O–H groups in total. The summed E-state index contributed by atoms with van der Waals surface area (Å²) in [6.45, 7) is 16.7. The number of hydrogen-bond acceptors (Lipinski definition) is 9. The van der Waals surface area contributed by atoms with Crippen LogP contribution in [-0.4, -0.2) is 103 Å². The van der Waals surface area contributed by atoms with Crippen molar-refractivity contribution >= 4 is 52.0 Å². The van der Waals surface area contributed by atoms with Crippen LogP contribution in [0.3, 0.4) is 0 Å². The van der Waals surface area contributed by atoms with E-state index in [1.807, 2.05) is 72.8 Å². The first-order chi connectivity index (χ1) is 35.5. The number of amides is 1. The zero-order chi connectivity index (χ0) is 50.7. The maximum Gasteiger partial charge on any atom is 0.251 e. The van der Waals surface area contributed by atoms with E-state index in [-0.39, 0.29) is 30.2 Å². The Labute approximate surface area is 447 Å². The number of piperidine rings is 4. The molecule has 0 unspecified atom stereocenters. The van der Waals surface area contributed by atoms with Crippen molar-refractivity contribution in [3.8, 4) is 17.6 Å². The molecule has 0 atom stereocenters. The summed E-state index contributed by atoms with van der Waals surface area (Å²) in [5, 5.41) is 18.0. The van der Waals surface area contributed by atoms with Crippen LogP contribution in [0.1, 0.15) is 108 Å². The number of nitrogens with zero attached hydrogens (tertiary/aromatic N) is 5. The number of carbonyl (C=O) groups is 1. The molecule has 4 fully saturated rings. The highest BCUT2D eigenvalue weighted by Crippen LogP contribution is 2.35. The fourth-order valence-electron chi connectivity index (χ4n) is 10.6. The van der Waals surface area contributed by atoms with E-state index in [4.69, 9.17) is 55.8 Å². The van der Waals surface area contributed by atoms with Crippen LogP contribution >= 0.6 is 34.8 Å². The topological polar surface area (TPSA) is 105 Å². The van der Waals surface area contributed by atoms with Crippen LogP contribution in [-0.2, 0) is 26.1 Å². The highest BCUT2D eigenvalue weighted by molar-refractivity contribution is 6.42. The second-order valence-electron chi connectivity index (χ2n) is 20.4. The van der Waals surface area contributed by atoms with Crippen LogP contribution in [0, 0.1) is 11.3 Å². The summed E-state index contributed by atoms with van der Waals surface area (Å²) in [5.41, 5.74) is 9.67. The second-order valence-corrected chi connectivity index (χ2v) is 21.7. The van der Waals surface area contributed by atoms with Gasteiger partial charge in [-0.15, -0.1) is 0 Å². The van der Waals surface area contributed by atoms with Crippen LogP contribution in [0.4, 0.5) is 0 Å². The number of nitriles is 1. The smallest absolute Gasteiger partial charge is 0.251 e. The lowest BCUT2D eigenvalue weighted by molar-refractivity contribution is 0.0907. The van der Waals surface area contributed by atoms with Crippen molar-refractivity contribution in [2.45, 2.75) is 109 Å². The van der Waals surface area contributed by atoms with E-state index in [0.717, 1.165) is 173 Å². The van der Waals surface area contributed by atoms with Gasteiger partial charge in [0.2, 0.25) is 0 Å². The quantitative estimate of drug-likeness (QED) is 0.0888. The third-order valence-corrected chi connectivity index (χ3v) is 16.0. The largest absolute Gasteiger partial charge is 0.490 e. The second kappa shape index (κ2) is 25.3. The average molecular weight is 1040 g/mol. The number of likely N-dealkylation sites (tertiary alicyclic amines) is 3. The molecule has 5 aromatic rings. The molecule has 5 aromatic carbocycles. The van der Waals surface area contributed by atoms with Crippen LogP contribution in [0.2, 0.25) is 15.1 Å². The molecule has 4 aliphatic rings. The number of allylic oxidation sites excluding steroid dienone is 1. The maximum absolute atomic E-state index is 14.2. The van der Waals surface area contributed by atoms with Gasteiger partial charge in [-0.3, -0.25) is 24.5 Å². The first kappa shape index (κ1) is 52.6. The van der Waals surface area contributed by atoms with E-state index in [0.29, 0.717) is 27.6 Å². The number of benzene rings is 5. The Morgan fingerprint density at radius 2 is 1.22 bits per heavy atom. The lowest BCUT2D eigenvalue weighted by atomic mass is 9.94. The number of hydrogen-bond donors (Lipinski definition) is 2. The Bertz CT molecular complexity index is 2750. The van der Waals surface area contributed by atoms with Gasteiger partial charge in [0.15, 0.2) is 0 Å². The number of rotatable bonds is 17. The number of nitrogens with one attached hydrogen (secondary N) is 2. The van der Waals surface area contributed by atoms with Crippen molar-refractivity contribution in [2.24, 2.45) is 4.99 Å². The molecule has 9 rings (SSSR count). The molecule has 0 saturated carbocycles. The Hall–Kier alpha value is -5.22. The summed E-state index contributed by atoms with van der Waals surface area (Å²) in [7, 11) is 0. The minimum absolute atomic E-state index is 0.00801. The Morgan fingerprint density at radius 1 is 0.671 bits per heavy atom. The summed E-state index contributed by atoms with van der Waals surface area (Å²) in [4.78, 5) is 26.7. The lowest BCUT2D eigenvalue weighted by Crippen LogP contribution is -2.44. The van der Waals surface area contributed by atoms with Crippen LogP contribution < -0.4 is 20.1 Å². The van der Waals surface area contributed by atoms with E-state index in [9.17, 15) is 10.1 Å². The molecule has 4 aliphatic heterocycles. The van der Waals surface area contributed by atoms with Crippen molar-refractivity contribution < 1.29 is 14.3 Å². The Balaban J connectivity index is 0.926. The molecule has 4 heterocycles. The maximum atomic E-state index is 14.2. The molecule has 0 spiro atoms. The lowest BCUT2D eigenvalue weighted by Gasteiger charge is -2.33. The molecule has 13 heteroatoms. The van der Waals surface area contributed by atoms with E-state index in [1.165, 1.54) is 11.1 Å². The fourth-order valence-corrected chi connectivity index (χ4v) is 11.1. The summed E-state index contributed by atoms with van der Waals surface area (Å²) >= 11 is 18.7. The summed E-state index contributed by atoms with van der Waals surface area (Å²) in [5.74, 6) is 1.50. The molecular formula is C60H68Cl3N7O3. The monoisotopic (exact) mass is 1040 g/mol. The van der Waals surface area contributed by atoms with Crippen molar-refractivity contribution in [1.29, 1.82) is 5.26 Å². The minimum atomic E-state index is -0.0773. The molecule has 0 aromatic heterocycles. The fraction of sp³-hybridized carbons (Fsp3) is 0.417. The molecule has 10 nitrogen and oxygen atoms in total. The molecule has 382 valence electrons. The predicted octanol–water partition coefficient (Wildman–Crippen LogP) is 11.8. The average Bonchev–Trinajstić information content (AvgIpc) is 3.41. The van der Waals surface area contributed by atoms with Crippen molar-refractivity contribution in [3.05, 3.63) is 169 Å². The highest BCUT2D eigenvalue weighted by Gasteiger charge is 2.27. The van der Waals surface area contributed by atoms with Gasteiger partial charge in [0.25, 0.3) is 5.91 Å². The van der Waals surface area contributed by atoms with Gasteiger partial charge in [-0.1, -0.05) is 71.7 Å². The van der Waals surface area contributed by atoms with Crippen molar-refractivity contribution in [2.75, 3.05) is 52.4 Å².